The molecule has 0 saturated heterocycles. The van der Waals surface area contributed by atoms with Gasteiger partial charge < -0.3 is 0 Å². The Kier molecular flexibility index (Phi) is 3.94. The molecule has 0 heterocycles. The van der Waals surface area contributed by atoms with Crippen LogP contribution in [0.15, 0.2) is 30.3 Å². The molecule has 0 atom stereocenters. The highest BCUT2D eigenvalue weighted by Gasteiger charge is 1.95. The second-order valence-corrected chi connectivity index (χ2v) is 3.73. The van der Waals surface area contributed by atoms with Gasteiger partial charge in [0, 0.05) is 0 Å². The number of allylic oxidation sites excluding steroid dienone is 1. The van der Waals surface area contributed by atoms with Crippen molar-refractivity contribution in [1.29, 1.82) is 5.26 Å². The molecule has 0 aliphatic rings. The van der Waals surface area contributed by atoms with Crippen molar-refractivity contribution in [2.24, 2.45) is 5.92 Å². The first-order chi connectivity index (χ1) is 6.74. The smallest absolute Gasteiger partial charge is 0.0997 e. The van der Waals surface area contributed by atoms with E-state index in [1.165, 1.54) is 0 Å². The summed E-state index contributed by atoms with van der Waals surface area (Å²) >= 11 is 0. The van der Waals surface area contributed by atoms with E-state index in [1.54, 1.807) is 0 Å². The highest BCUT2D eigenvalue weighted by molar-refractivity contribution is 5.57. The molecule has 0 fully saturated rings. The highest BCUT2D eigenvalue weighted by Crippen LogP contribution is 2.11. The van der Waals surface area contributed by atoms with Crippen LogP contribution in [0, 0.1) is 17.2 Å². The molecule has 0 bridgehead atoms. The Bertz CT molecular complexity index is 356. The van der Waals surface area contributed by atoms with E-state index in [4.69, 9.17) is 5.26 Å². The van der Waals surface area contributed by atoms with Gasteiger partial charge in [0.1, 0.15) is 0 Å². The van der Waals surface area contributed by atoms with Crippen molar-refractivity contribution < 1.29 is 0 Å². The number of nitrogens with zero attached hydrogens (tertiary/aromatic N) is 1. The van der Waals surface area contributed by atoms with Gasteiger partial charge in [-0.15, -0.1) is 0 Å². The fourth-order valence-corrected chi connectivity index (χ4v) is 1.21. The minimum Gasteiger partial charge on any atom is -0.192 e. The van der Waals surface area contributed by atoms with Gasteiger partial charge in [-0.1, -0.05) is 44.2 Å². The van der Waals surface area contributed by atoms with Crippen LogP contribution in [0.5, 0.6) is 0 Å². The molecule has 0 radical (unpaired) electrons. The van der Waals surface area contributed by atoms with Crippen LogP contribution in [-0.4, -0.2) is 0 Å². The summed E-state index contributed by atoms with van der Waals surface area (Å²) in [4.78, 5) is 0. The third-order valence-corrected chi connectivity index (χ3v) is 1.99. The van der Waals surface area contributed by atoms with Gasteiger partial charge in [-0.2, -0.15) is 5.26 Å². The number of nitriles is 1. The van der Waals surface area contributed by atoms with Gasteiger partial charge in [0.2, 0.25) is 0 Å². The molecule has 14 heavy (non-hydrogen) atoms. The first-order valence-electron chi connectivity index (χ1n) is 4.89. The minimum atomic E-state index is 0.667. The molecule has 1 aromatic carbocycles. The first-order valence-corrected chi connectivity index (χ1v) is 4.89. The molecule has 0 spiro atoms. The van der Waals surface area contributed by atoms with Crippen molar-refractivity contribution in [3.05, 3.63) is 41.5 Å². The number of hydrogen-bond acceptors (Lipinski definition) is 1. The molecule has 72 valence electrons. The largest absolute Gasteiger partial charge is 0.192 e. The predicted octanol–water partition coefficient (Wildman–Crippen LogP) is 3.62. The lowest BCUT2D eigenvalue weighted by molar-refractivity contribution is 0.665. The molecule has 1 rings (SSSR count). The Labute approximate surface area is 85.7 Å². The quantitative estimate of drug-likeness (QED) is 0.705. The second kappa shape index (κ2) is 5.24. The standard InChI is InChI=1S/C13H15N/c1-11(2)6-5-9-12-7-3-4-8-13(12)10-14/h3-5,7-9,11H,6H2,1-2H3. The van der Waals surface area contributed by atoms with Gasteiger partial charge >= 0.3 is 0 Å². The van der Waals surface area contributed by atoms with Crippen LogP contribution in [0.1, 0.15) is 31.4 Å². The van der Waals surface area contributed by atoms with E-state index >= 15 is 0 Å². The van der Waals surface area contributed by atoms with Crippen molar-refractivity contribution in [2.75, 3.05) is 0 Å². The van der Waals surface area contributed by atoms with E-state index in [-0.39, 0.29) is 0 Å². The van der Waals surface area contributed by atoms with Crippen LogP contribution in [0.2, 0.25) is 0 Å². The molecular weight excluding hydrogens is 170 g/mol. The number of hydrogen-bond donors (Lipinski definition) is 0. The van der Waals surface area contributed by atoms with Crippen LogP contribution >= 0.6 is 0 Å². The average Bonchev–Trinajstić information content (AvgIpc) is 2.18. The van der Waals surface area contributed by atoms with Gasteiger partial charge in [0.25, 0.3) is 0 Å². The Morgan fingerprint density at radius 1 is 1.36 bits per heavy atom. The summed E-state index contributed by atoms with van der Waals surface area (Å²) in [6.07, 6.45) is 5.21. The summed E-state index contributed by atoms with van der Waals surface area (Å²) in [5.74, 6) is 0.667. The molecule has 0 saturated carbocycles. The van der Waals surface area contributed by atoms with E-state index in [0.717, 1.165) is 17.5 Å². The van der Waals surface area contributed by atoms with E-state index in [9.17, 15) is 0 Å². The molecule has 0 amide bonds. The Balaban J connectivity index is 2.76. The average molecular weight is 185 g/mol. The molecule has 0 aromatic heterocycles. The van der Waals surface area contributed by atoms with E-state index in [1.807, 2.05) is 30.3 Å². The van der Waals surface area contributed by atoms with Gasteiger partial charge in [-0.3, -0.25) is 0 Å². The van der Waals surface area contributed by atoms with Gasteiger partial charge in [0.15, 0.2) is 0 Å². The fraction of sp³-hybridized carbons (Fsp3) is 0.308. The summed E-state index contributed by atoms with van der Waals surface area (Å²) < 4.78 is 0. The molecule has 0 aliphatic heterocycles. The van der Waals surface area contributed by atoms with Crippen molar-refractivity contribution in [3.8, 4) is 6.07 Å². The monoisotopic (exact) mass is 185 g/mol. The number of rotatable bonds is 3. The minimum absolute atomic E-state index is 0.667. The third kappa shape index (κ3) is 3.06. The molecule has 1 heteroatoms. The molecular formula is C13H15N. The van der Waals surface area contributed by atoms with Crippen LogP contribution < -0.4 is 0 Å². The summed E-state index contributed by atoms with van der Waals surface area (Å²) in [5, 5.41) is 8.84. The van der Waals surface area contributed by atoms with Gasteiger partial charge in [-0.25, -0.2) is 0 Å². The van der Waals surface area contributed by atoms with Crippen LogP contribution in [0.3, 0.4) is 0 Å². The second-order valence-electron chi connectivity index (χ2n) is 3.73. The van der Waals surface area contributed by atoms with E-state index < -0.39 is 0 Å². The SMILES string of the molecule is CC(C)CC=Cc1ccccc1C#N. The molecule has 0 unspecified atom stereocenters. The zero-order chi connectivity index (χ0) is 10.4. The fourth-order valence-electron chi connectivity index (χ4n) is 1.21. The summed E-state index contributed by atoms with van der Waals surface area (Å²) in [5.41, 5.74) is 1.75. The normalized spacial score (nSPS) is 10.7. The van der Waals surface area contributed by atoms with Crippen molar-refractivity contribution in [1.82, 2.24) is 0 Å². The van der Waals surface area contributed by atoms with E-state index in [0.29, 0.717) is 5.92 Å². The van der Waals surface area contributed by atoms with Crippen molar-refractivity contribution in [3.63, 3.8) is 0 Å². The Morgan fingerprint density at radius 2 is 2.07 bits per heavy atom. The third-order valence-electron chi connectivity index (χ3n) is 1.99. The van der Waals surface area contributed by atoms with Crippen LogP contribution in [0.4, 0.5) is 0 Å². The van der Waals surface area contributed by atoms with Crippen molar-refractivity contribution in [2.45, 2.75) is 20.3 Å². The molecule has 1 nitrogen and oxygen atoms in total. The zero-order valence-corrected chi connectivity index (χ0v) is 8.70. The number of benzene rings is 1. The summed E-state index contributed by atoms with van der Waals surface area (Å²) in [7, 11) is 0. The molecule has 0 N–H and O–H groups in total. The van der Waals surface area contributed by atoms with Gasteiger partial charge in [-0.05, 0) is 24.0 Å². The highest BCUT2D eigenvalue weighted by atomic mass is 14.2. The summed E-state index contributed by atoms with van der Waals surface area (Å²) in [6.45, 7) is 4.36. The van der Waals surface area contributed by atoms with Gasteiger partial charge in [0.05, 0.1) is 11.6 Å². The Morgan fingerprint density at radius 3 is 2.71 bits per heavy atom. The van der Waals surface area contributed by atoms with E-state index in [2.05, 4.69) is 26.0 Å². The topological polar surface area (TPSA) is 23.8 Å². The first kappa shape index (κ1) is 10.5. The van der Waals surface area contributed by atoms with Crippen LogP contribution in [0.25, 0.3) is 6.08 Å². The summed E-state index contributed by atoms with van der Waals surface area (Å²) in [6, 6.07) is 9.83. The van der Waals surface area contributed by atoms with Crippen molar-refractivity contribution >= 4 is 6.08 Å². The maximum atomic E-state index is 8.84. The van der Waals surface area contributed by atoms with Crippen LogP contribution in [-0.2, 0) is 0 Å². The predicted molar refractivity (Wildman–Crippen MR) is 59.6 cm³/mol. The Hall–Kier alpha value is -1.55. The molecule has 0 aliphatic carbocycles. The lowest BCUT2D eigenvalue weighted by atomic mass is 10.1. The lowest BCUT2D eigenvalue weighted by Gasteiger charge is -1.98. The maximum Gasteiger partial charge on any atom is 0.0997 e. The zero-order valence-electron chi connectivity index (χ0n) is 8.70. The maximum absolute atomic E-state index is 8.84. The molecule has 1 aromatic rings. The lowest BCUT2D eigenvalue weighted by Crippen LogP contribution is -1.83.